The Morgan fingerprint density at radius 3 is 2.02 bits per heavy atom. The van der Waals surface area contributed by atoms with Crippen molar-refractivity contribution in [3.05, 3.63) is 176 Å². The molecule has 10 rings (SSSR count). The molecule has 8 aromatic carbocycles. The normalized spacial score (nSPS) is 11.7. The minimum Gasteiger partial charge on any atom is -0.456 e. The summed E-state index contributed by atoms with van der Waals surface area (Å²) in [6.07, 6.45) is 0. The highest BCUT2D eigenvalue weighted by Gasteiger charge is 2.19. The number of anilines is 3. The van der Waals surface area contributed by atoms with Gasteiger partial charge in [0.05, 0.1) is 5.69 Å². The van der Waals surface area contributed by atoms with Crippen LogP contribution in [0.1, 0.15) is 0 Å². The van der Waals surface area contributed by atoms with Gasteiger partial charge in [0.2, 0.25) is 0 Å². The van der Waals surface area contributed by atoms with E-state index in [9.17, 15) is 0 Å². The number of hydrogen-bond donors (Lipinski definition) is 0. The average Bonchev–Trinajstić information content (AvgIpc) is 3.75. The van der Waals surface area contributed by atoms with Crippen LogP contribution in [-0.4, -0.2) is 0 Å². The van der Waals surface area contributed by atoms with Crippen molar-refractivity contribution >= 4 is 81.3 Å². The van der Waals surface area contributed by atoms with Crippen LogP contribution in [-0.2, 0) is 0 Å². The molecule has 2 nitrogen and oxygen atoms in total. The maximum absolute atomic E-state index is 6.29. The minimum absolute atomic E-state index is 0.906. The van der Waals surface area contributed by atoms with Crippen molar-refractivity contribution in [2.45, 2.75) is 0 Å². The molecule has 0 radical (unpaired) electrons. The van der Waals surface area contributed by atoms with Crippen molar-refractivity contribution in [2.24, 2.45) is 0 Å². The van der Waals surface area contributed by atoms with Gasteiger partial charge in [-0.05, 0) is 82.2 Å². The number of nitrogens with zero attached hydrogens (tertiary/aromatic N) is 1. The Morgan fingerprint density at radius 2 is 1.12 bits per heavy atom. The summed E-state index contributed by atoms with van der Waals surface area (Å²) in [5.74, 6) is 0. The molecule has 0 saturated heterocycles. The average molecular weight is 644 g/mol. The molecule has 0 aliphatic heterocycles. The van der Waals surface area contributed by atoms with Crippen LogP contribution in [0.5, 0.6) is 0 Å². The molecule has 10 aromatic rings. The van der Waals surface area contributed by atoms with E-state index >= 15 is 0 Å². The van der Waals surface area contributed by atoms with E-state index in [4.69, 9.17) is 4.42 Å². The molecule has 49 heavy (non-hydrogen) atoms. The molecule has 0 aliphatic rings. The Morgan fingerprint density at radius 1 is 0.408 bits per heavy atom. The number of hydrogen-bond acceptors (Lipinski definition) is 3. The van der Waals surface area contributed by atoms with Crippen LogP contribution in [0.2, 0.25) is 0 Å². The summed E-state index contributed by atoms with van der Waals surface area (Å²) in [6, 6.07) is 63.2. The highest BCUT2D eigenvalue weighted by molar-refractivity contribution is 7.26. The van der Waals surface area contributed by atoms with Crippen LogP contribution >= 0.6 is 11.3 Å². The standard InChI is InChI=1S/C46H29NOS/c1-2-11-30(12-3-1)32-13-8-14-34(29-32)47(41-20-10-18-38-36(41)27-28-43-45(38)40-16-4-6-21-42(40)48-43)33-25-23-31(24-26-33)35-17-9-19-39-37-15-5-7-22-44(37)49-46(35)39/h1-29H. The molecule has 3 heteroatoms. The fourth-order valence-electron chi connectivity index (χ4n) is 7.41. The Bertz CT molecular complexity index is 2830. The van der Waals surface area contributed by atoms with E-state index in [1.807, 2.05) is 23.5 Å². The Labute approximate surface area is 287 Å². The lowest BCUT2D eigenvalue weighted by Crippen LogP contribution is -2.10. The van der Waals surface area contributed by atoms with Crippen LogP contribution in [0.4, 0.5) is 17.1 Å². The molecule has 230 valence electrons. The topological polar surface area (TPSA) is 16.4 Å². The van der Waals surface area contributed by atoms with Crippen LogP contribution in [0.25, 0.3) is 75.1 Å². The van der Waals surface area contributed by atoms with E-state index in [0.29, 0.717) is 0 Å². The molecule has 0 bridgehead atoms. The summed E-state index contributed by atoms with van der Waals surface area (Å²) in [7, 11) is 0. The first kappa shape index (κ1) is 27.9. The predicted molar refractivity (Wildman–Crippen MR) is 210 cm³/mol. The van der Waals surface area contributed by atoms with Gasteiger partial charge in [-0.3, -0.25) is 0 Å². The largest absolute Gasteiger partial charge is 0.456 e. The number of benzene rings is 8. The highest BCUT2D eigenvalue weighted by Crippen LogP contribution is 2.45. The van der Waals surface area contributed by atoms with Gasteiger partial charge >= 0.3 is 0 Å². The lowest BCUT2D eigenvalue weighted by atomic mass is 9.99. The number of furan rings is 1. The van der Waals surface area contributed by atoms with E-state index in [1.54, 1.807) is 0 Å². The van der Waals surface area contributed by atoms with Crippen molar-refractivity contribution < 1.29 is 4.42 Å². The zero-order valence-corrected chi connectivity index (χ0v) is 27.3. The second-order valence-electron chi connectivity index (χ2n) is 12.5. The zero-order chi connectivity index (χ0) is 32.3. The molecular formula is C46H29NOS. The molecular weight excluding hydrogens is 615 g/mol. The SMILES string of the molecule is c1ccc(-c2cccc(N(c3ccc(-c4cccc5c4sc4ccccc45)cc3)c3cccc4c3ccc3oc5ccccc5c34)c2)cc1. The summed E-state index contributed by atoms with van der Waals surface area (Å²) in [4.78, 5) is 2.40. The van der Waals surface area contributed by atoms with Crippen molar-refractivity contribution in [3.63, 3.8) is 0 Å². The maximum atomic E-state index is 6.29. The predicted octanol–water partition coefficient (Wildman–Crippen LogP) is 13.9. The van der Waals surface area contributed by atoms with Gasteiger partial charge in [0.15, 0.2) is 0 Å². The summed E-state index contributed by atoms with van der Waals surface area (Å²) >= 11 is 1.87. The van der Waals surface area contributed by atoms with E-state index in [0.717, 1.165) is 39.0 Å². The Balaban J connectivity index is 1.17. The van der Waals surface area contributed by atoms with Crippen molar-refractivity contribution in [2.75, 3.05) is 4.90 Å². The summed E-state index contributed by atoms with van der Waals surface area (Å²) in [5.41, 5.74) is 9.99. The fraction of sp³-hybridized carbons (Fsp3) is 0. The van der Waals surface area contributed by atoms with Gasteiger partial charge in [-0.2, -0.15) is 0 Å². The monoisotopic (exact) mass is 643 g/mol. The van der Waals surface area contributed by atoms with E-state index in [1.165, 1.54) is 53.2 Å². The van der Waals surface area contributed by atoms with Gasteiger partial charge in [0.1, 0.15) is 11.2 Å². The molecule has 0 saturated carbocycles. The molecule has 0 N–H and O–H groups in total. The number of para-hydroxylation sites is 1. The van der Waals surface area contributed by atoms with Gasteiger partial charge in [-0.25, -0.2) is 0 Å². The molecule has 0 unspecified atom stereocenters. The Hall–Kier alpha value is -6.16. The molecule has 0 fully saturated rings. The summed E-state index contributed by atoms with van der Waals surface area (Å²) in [6.45, 7) is 0. The van der Waals surface area contributed by atoms with E-state index in [2.05, 4.69) is 169 Å². The lowest BCUT2D eigenvalue weighted by Gasteiger charge is -2.27. The van der Waals surface area contributed by atoms with Crippen molar-refractivity contribution in [1.29, 1.82) is 0 Å². The number of rotatable bonds is 5. The summed E-state index contributed by atoms with van der Waals surface area (Å²) < 4.78 is 8.94. The lowest BCUT2D eigenvalue weighted by molar-refractivity contribution is 0.669. The van der Waals surface area contributed by atoms with Gasteiger partial charge in [-0.1, -0.05) is 121 Å². The molecule has 2 heterocycles. The third-order valence-corrected chi connectivity index (χ3v) is 10.9. The van der Waals surface area contributed by atoms with Crippen LogP contribution in [0, 0.1) is 0 Å². The molecule has 0 aliphatic carbocycles. The third kappa shape index (κ3) is 4.55. The first-order chi connectivity index (χ1) is 24.3. The minimum atomic E-state index is 0.906. The summed E-state index contributed by atoms with van der Waals surface area (Å²) in [5, 5.41) is 7.27. The fourth-order valence-corrected chi connectivity index (χ4v) is 8.64. The van der Waals surface area contributed by atoms with Gasteiger partial charge in [0.25, 0.3) is 0 Å². The first-order valence-corrected chi connectivity index (χ1v) is 17.4. The maximum Gasteiger partial charge on any atom is 0.136 e. The van der Waals surface area contributed by atoms with E-state index < -0.39 is 0 Å². The van der Waals surface area contributed by atoms with Crippen LogP contribution < -0.4 is 4.90 Å². The van der Waals surface area contributed by atoms with E-state index in [-0.39, 0.29) is 0 Å². The first-order valence-electron chi connectivity index (χ1n) is 16.6. The Kier molecular flexibility index (Phi) is 6.39. The zero-order valence-electron chi connectivity index (χ0n) is 26.5. The van der Waals surface area contributed by atoms with Gasteiger partial charge < -0.3 is 9.32 Å². The quantitative estimate of drug-likeness (QED) is 0.186. The molecule has 2 aromatic heterocycles. The van der Waals surface area contributed by atoms with Crippen molar-refractivity contribution in [3.8, 4) is 22.3 Å². The van der Waals surface area contributed by atoms with Crippen LogP contribution in [0.15, 0.2) is 180 Å². The number of fused-ring (bicyclic) bond motifs is 8. The van der Waals surface area contributed by atoms with Crippen LogP contribution in [0.3, 0.4) is 0 Å². The van der Waals surface area contributed by atoms with Gasteiger partial charge in [0, 0.05) is 47.7 Å². The number of thiophene rings is 1. The molecule has 0 atom stereocenters. The third-order valence-electron chi connectivity index (χ3n) is 9.67. The molecule has 0 amide bonds. The van der Waals surface area contributed by atoms with Crippen molar-refractivity contribution in [1.82, 2.24) is 0 Å². The molecule has 0 spiro atoms. The second kappa shape index (κ2) is 11.2. The van der Waals surface area contributed by atoms with Gasteiger partial charge in [-0.15, -0.1) is 11.3 Å². The second-order valence-corrected chi connectivity index (χ2v) is 13.5. The smallest absolute Gasteiger partial charge is 0.136 e. The highest BCUT2D eigenvalue weighted by atomic mass is 32.1.